The summed E-state index contributed by atoms with van der Waals surface area (Å²) in [6.07, 6.45) is 3.63. The Morgan fingerprint density at radius 2 is 1.56 bits per heavy atom. The molecule has 0 N–H and O–H groups in total. The smallest absolute Gasteiger partial charge is 0.282 e. The average molecular weight is 428 g/mol. The molecule has 2 aromatic carbocycles. The molecule has 1 saturated heterocycles. The van der Waals surface area contributed by atoms with E-state index in [-0.39, 0.29) is 11.5 Å². The van der Waals surface area contributed by atoms with Crippen LogP contribution in [0.3, 0.4) is 0 Å². The molecule has 0 bridgehead atoms. The molecular weight excluding hydrogens is 402 g/mol. The molecule has 3 aliphatic heterocycles. The number of amides is 1. The molecular formula is C25H25N5O2. The Kier molecular flexibility index (Phi) is 5.33. The van der Waals surface area contributed by atoms with Gasteiger partial charge < -0.3 is 14.4 Å². The lowest BCUT2D eigenvalue weighted by Gasteiger charge is -2.32. The van der Waals surface area contributed by atoms with E-state index in [0.29, 0.717) is 42.1 Å². The van der Waals surface area contributed by atoms with Crippen LogP contribution in [0, 0.1) is 0 Å². The van der Waals surface area contributed by atoms with E-state index < -0.39 is 0 Å². The van der Waals surface area contributed by atoms with Crippen molar-refractivity contribution in [3.8, 4) is 16.9 Å². The molecule has 3 heterocycles. The Hall–Kier alpha value is -3.71. The van der Waals surface area contributed by atoms with Crippen LogP contribution in [0.2, 0.25) is 0 Å². The third kappa shape index (κ3) is 3.83. The first-order valence-corrected chi connectivity index (χ1v) is 10.8. The van der Waals surface area contributed by atoms with Gasteiger partial charge in [0.1, 0.15) is 5.69 Å². The highest BCUT2D eigenvalue weighted by Gasteiger charge is 2.28. The normalized spacial score (nSPS) is 14.7. The van der Waals surface area contributed by atoms with Gasteiger partial charge in [0, 0.05) is 45.1 Å². The summed E-state index contributed by atoms with van der Waals surface area (Å²) < 4.78 is 3.30. The maximum atomic E-state index is 13.5. The number of likely N-dealkylation sites (N-methyl/N-ethyl adjacent to an activating group) is 1. The molecule has 0 aliphatic carbocycles. The monoisotopic (exact) mass is 427 g/mol. The lowest BCUT2D eigenvalue weighted by Crippen LogP contribution is -2.47. The van der Waals surface area contributed by atoms with E-state index in [1.807, 2.05) is 76.3 Å². The second-order valence-corrected chi connectivity index (χ2v) is 8.24. The summed E-state index contributed by atoms with van der Waals surface area (Å²) in [5, 5.41) is 4.59. The lowest BCUT2D eigenvalue weighted by molar-refractivity contribution is 0.0663. The van der Waals surface area contributed by atoms with Crippen molar-refractivity contribution in [3.63, 3.8) is 0 Å². The van der Waals surface area contributed by atoms with Crippen molar-refractivity contribution >= 4 is 5.91 Å². The number of benzene rings is 2. The van der Waals surface area contributed by atoms with Gasteiger partial charge in [0.15, 0.2) is 0 Å². The van der Waals surface area contributed by atoms with Gasteiger partial charge in [0.2, 0.25) is 0 Å². The number of carbonyl (C=O) groups is 1. The third-order valence-corrected chi connectivity index (χ3v) is 5.95. The minimum Gasteiger partial charge on any atom is -0.348 e. The summed E-state index contributed by atoms with van der Waals surface area (Å²) in [7, 11) is 2.06. The Morgan fingerprint density at radius 3 is 2.25 bits per heavy atom. The topological polar surface area (TPSA) is 63.4 Å². The fraction of sp³-hybridized carbons (Fsp3) is 0.240. The second kappa shape index (κ2) is 8.43. The molecule has 0 atom stereocenters. The van der Waals surface area contributed by atoms with Crippen molar-refractivity contribution in [1.82, 2.24) is 24.1 Å². The summed E-state index contributed by atoms with van der Waals surface area (Å²) in [4.78, 5) is 30.9. The minimum atomic E-state index is -0.221. The molecule has 0 radical (unpaired) electrons. The number of hydrogen-bond acceptors (Lipinski definition) is 4. The van der Waals surface area contributed by atoms with Gasteiger partial charge in [-0.1, -0.05) is 48.5 Å². The number of aromatic nitrogens is 3. The number of fused-ring (bicyclic) bond motifs is 1. The molecule has 5 rings (SSSR count). The Morgan fingerprint density at radius 1 is 0.906 bits per heavy atom. The molecule has 32 heavy (non-hydrogen) atoms. The largest absolute Gasteiger partial charge is 0.348 e. The van der Waals surface area contributed by atoms with Crippen LogP contribution in [0.4, 0.5) is 0 Å². The first-order valence-electron chi connectivity index (χ1n) is 10.8. The highest BCUT2D eigenvalue weighted by atomic mass is 16.2. The van der Waals surface area contributed by atoms with Crippen molar-refractivity contribution in [1.29, 1.82) is 0 Å². The first-order chi connectivity index (χ1) is 15.6. The predicted octanol–water partition coefficient (Wildman–Crippen LogP) is 2.57. The molecule has 0 aromatic heterocycles. The Balaban J connectivity index is 1.62. The van der Waals surface area contributed by atoms with Gasteiger partial charge in [-0.15, -0.1) is 0 Å². The quantitative estimate of drug-likeness (QED) is 0.502. The number of rotatable bonds is 4. The highest BCUT2D eigenvalue weighted by molar-refractivity contribution is 6.00. The van der Waals surface area contributed by atoms with E-state index in [0.717, 1.165) is 18.7 Å². The van der Waals surface area contributed by atoms with E-state index >= 15 is 0 Å². The van der Waals surface area contributed by atoms with Gasteiger partial charge in [0.25, 0.3) is 11.5 Å². The fourth-order valence-corrected chi connectivity index (χ4v) is 4.13. The van der Waals surface area contributed by atoms with Crippen LogP contribution in [0.1, 0.15) is 15.9 Å². The maximum absolute atomic E-state index is 13.5. The number of piperazine rings is 1. The third-order valence-electron chi connectivity index (χ3n) is 5.95. The molecule has 7 heteroatoms. The number of carbonyl (C=O) groups excluding carboxylic acids is 1. The van der Waals surface area contributed by atoms with Crippen molar-refractivity contribution in [2.75, 3.05) is 33.2 Å². The molecule has 1 fully saturated rings. The molecule has 0 unspecified atom stereocenters. The molecule has 3 aliphatic rings. The maximum Gasteiger partial charge on any atom is 0.282 e. The summed E-state index contributed by atoms with van der Waals surface area (Å²) >= 11 is 0. The molecule has 7 nitrogen and oxygen atoms in total. The predicted molar refractivity (Wildman–Crippen MR) is 123 cm³/mol. The van der Waals surface area contributed by atoms with E-state index in [2.05, 4.69) is 17.0 Å². The fourth-order valence-electron chi connectivity index (χ4n) is 4.13. The minimum absolute atomic E-state index is 0.0803. The lowest BCUT2D eigenvalue weighted by atomic mass is 10.1. The molecule has 0 saturated carbocycles. The standard InChI is InChI=1S/C25H25N5O2/c1-27-12-14-29(15-13-27)24(31)21-17-28(16-19-8-4-2-5-9-19)18-22-23(21)26-30(25(22)32)20-10-6-3-7-11-20/h2-11,17-18H,12-16H2,1H3. The van der Waals surface area contributed by atoms with E-state index in [9.17, 15) is 9.59 Å². The van der Waals surface area contributed by atoms with Gasteiger partial charge in [0.05, 0.1) is 16.8 Å². The van der Waals surface area contributed by atoms with E-state index in [1.54, 1.807) is 6.20 Å². The molecule has 1 amide bonds. The van der Waals surface area contributed by atoms with Crippen molar-refractivity contribution in [2.45, 2.75) is 6.54 Å². The van der Waals surface area contributed by atoms with Crippen LogP contribution in [0.5, 0.6) is 0 Å². The number of nitrogens with zero attached hydrogens (tertiary/aromatic N) is 5. The van der Waals surface area contributed by atoms with Gasteiger partial charge in [-0.2, -0.15) is 9.78 Å². The van der Waals surface area contributed by atoms with Crippen LogP contribution in [0.25, 0.3) is 16.9 Å². The Labute approximate surface area is 186 Å². The SMILES string of the molecule is CN1CCN(C(=O)c2cn(Cc3ccccc3)cc3c(=O)n(-c4ccccc4)nc2-3)CC1. The number of pyridine rings is 1. The van der Waals surface area contributed by atoms with Crippen LogP contribution >= 0.6 is 0 Å². The van der Waals surface area contributed by atoms with Crippen LogP contribution in [-0.4, -0.2) is 63.3 Å². The van der Waals surface area contributed by atoms with Gasteiger partial charge in [-0.05, 0) is 24.7 Å². The van der Waals surface area contributed by atoms with Gasteiger partial charge in [-0.3, -0.25) is 9.59 Å². The molecule has 0 spiro atoms. The van der Waals surface area contributed by atoms with Crippen LogP contribution in [-0.2, 0) is 6.54 Å². The van der Waals surface area contributed by atoms with Crippen molar-refractivity contribution in [3.05, 3.63) is 94.5 Å². The van der Waals surface area contributed by atoms with Crippen molar-refractivity contribution in [2.24, 2.45) is 0 Å². The highest BCUT2D eigenvalue weighted by Crippen LogP contribution is 2.24. The average Bonchev–Trinajstić information content (AvgIpc) is 3.16. The van der Waals surface area contributed by atoms with Crippen LogP contribution < -0.4 is 5.56 Å². The van der Waals surface area contributed by atoms with Gasteiger partial charge >= 0.3 is 0 Å². The summed E-state index contributed by atoms with van der Waals surface area (Å²) in [5.41, 5.74) is 2.92. The number of hydrogen-bond donors (Lipinski definition) is 0. The summed E-state index contributed by atoms with van der Waals surface area (Å²) in [6.45, 7) is 3.55. The van der Waals surface area contributed by atoms with E-state index in [1.165, 1.54) is 4.68 Å². The summed E-state index contributed by atoms with van der Waals surface area (Å²) in [5.74, 6) is -0.0803. The van der Waals surface area contributed by atoms with Crippen molar-refractivity contribution < 1.29 is 4.79 Å². The second-order valence-electron chi connectivity index (χ2n) is 8.24. The van der Waals surface area contributed by atoms with E-state index in [4.69, 9.17) is 0 Å². The zero-order chi connectivity index (χ0) is 22.1. The number of para-hydroxylation sites is 1. The zero-order valence-corrected chi connectivity index (χ0v) is 18.0. The van der Waals surface area contributed by atoms with Crippen LogP contribution in [0.15, 0.2) is 77.9 Å². The summed E-state index contributed by atoms with van der Waals surface area (Å²) in [6, 6.07) is 19.3. The first kappa shape index (κ1) is 20.2. The zero-order valence-electron chi connectivity index (χ0n) is 18.0. The molecule has 162 valence electrons. The Bertz CT molecular complexity index is 1250. The van der Waals surface area contributed by atoms with Gasteiger partial charge in [-0.25, -0.2) is 0 Å². The molecule has 2 aromatic rings.